The van der Waals surface area contributed by atoms with Gasteiger partial charge in [-0.25, -0.2) is 9.97 Å². The van der Waals surface area contributed by atoms with Gasteiger partial charge in [0.05, 0.1) is 11.4 Å². The van der Waals surface area contributed by atoms with Crippen LogP contribution in [0.1, 0.15) is 29.2 Å². The first-order valence-electron chi connectivity index (χ1n) is 6.26. The molecule has 0 saturated heterocycles. The largest absolute Gasteiger partial charge is 0.411 e. The molecular weight excluding hydrogens is 320 g/mol. The number of oxime groups is 1. The Kier molecular flexibility index (Phi) is 3.40. The van der Waals surface area contributed by atoms with Crippen molar-refractivity contribution in [3.05, 3.63) is 51.8 Å². The smallest absolute Gasteiger partial charge is 0.220 e. The Labute approximate surface area is 124 Å². The molecule has 0 aliphatic heterocycles. The van der Waals surface area contributed by atoms with Crippen LogP contribution in [0, 0.1) is 0 Å². The van der Waals surface area contributed by atoms with E-state index in [0.29, 0.717) is 12.1 Å². The number of hydrogen-bond donors (Lipinski definition) is 2. The maximum atomic E-state index is 9.23. The van der Waals surface area contributed by atoms with Crippen molar-refractivity contribution in [1.29, 1.82) is 0 Å². The minimum Gasteiger partial charge on any atom is -0.411 e. The Balaban J connectivity index is 2.05. The van der Waals surface area contributed by atoms with Crippen LogP contribution in [0.3, 0.4) is 0 Å². The summed E-state index contributed by atoms with van der Waals surface area (Å²) in [6.45, 7) is 0. The number of nitrogen functional groups attached to an aromatic ring is 1. The molecule has 102 valence electrons. The third-order valence-electron chi connectivity index (χ3n) is 3.54. The van der Waals surface area contributed by atoms with E-state index in [1.165, 1.54) is 5.56 Å². The van der Waals surface area contributed by atoms with E-state index in [-0.39, 0.29) is 11.9 Å². The Morgan fingerprint density at radius 2 is 2.10 bits per heavy atom. The molecule has 1 aliphatic rings. The van der Waals surface area contributed by atoms with Crippen LogP contribution >= 0.6 is 15.9 Å². The van der Waals surface area contributed by atoms with E-state index in [0.717, 1.165) is 22.2 Å². The molecule has 1 aromatic carbocycles. The van der Waals surface area contributed by atoms with Crippen LogP contribution in [-0.4, -0.2) is 20.9 Å². The molecule has 5 nitrogen and oxygen atoms in total. The number of halogens is 1. The van der Waals surface area contributed by atoms with Gasteiger partial charge in [0.15, 0.2) is 0 Å². The minimum atomic E-state index is 0.207. The van der Waals surface area contributed by atoms with Crippen LogP contribution in [0.5, 0.6) is 0 Å². The molecule has 20 heavy (non-hydrogen) atoms. The number of hydrogen-bond acceptors (Lipinski definition) is 5. The Hall–Kier alpha value is -1.95. The highest BCUT2D eigenvalue weighted by atomic mass is 79.9. The van der Waals surface area contributed by atoms with E-state index in [2.05, 4.69) is 37.1 Å². The fraction of sp³-hybridized carbons (Fsp3) is 0.214. The summed E-state index contributed by atoms with van der Waals surface area (Å²) < 4.78 is 1.05. The second-order valence-electron chi connectivity index (χ2n) is 4.76. The summed E-state index contributed by atoms with van der Waals surface area (Å²) in [5.41, 5.74) is 9.04. The lowest BCUT2D eigenvalue weighted by Crippen LogP contribution is -2.22. The Morgan fingerprint density at radius 3 is 2.85 bits per heavy atom. The average molecular weight is 333 g/mol. The monoisotopic (exact) mass is 332 g/mol. The summed E-state index contributed by atoms with van der Waals surface area (Å²) in [4.78, 5) is 8.25. The number of fused-ring (bicyclic) bond motifs is 1. The summed E-state index contributed by atoms with van der Waals surface area (Å²) in [5, 5.41) is 12.6. The van der Waals surface area contributed by atoms with Crippen LogP contribution in [0.15, 0.2) is 40.1 Å². The van der Waals surface area contributed by atoms with Crippen LogP contribution in [0.4, 0.5) is 5.95 Å². The third-order valence-corrected chi connectivity index (χ3v) is 4.26. The van der Waals surface area contributed by atoms with E-state index < -0.39 is 0 Å². The molecule has 0 spiro atoms. The van der Waals surface area contributed by atoms with Gasteiger partial charge in [-0.15, -0.1) is 0 Å². The highest BCUT2D eigenvalue weighted by Gasteiger charge is 2.28. The lowest BCUT2D eigenvalue weighted by molar-refractivity contribution is 0.316. The standard InChI is InChI=1S/C14H13BrN4O/c15-11-4-2-1-3-9(11)8-5-12-10(13(6-8)19-20)7-17-14(16)18-12/h1-4,7-8,20H,5-6H2,(H2,16,17,18)/b19-13+. The molecule has 1 heterocycles. The van der Waals surface area contributed by atoms with E-state index in [9.17, 15) is 5.21 Å². The summed E-state index contributed by atoms with van der Waals surface area (Å²) >= 11 is 3.57. The molecule has 3 rings (SSSR count). The zero-order valence-corrected chi connectivity index (χ0v) is 12.2. The predicted octanol–water partition coefficient (Wildman–Crippen LogP) is 2.73. The molecule has 0 fully saturated rings. The van der Waals surface area contributed by atoms with E-state index in [1.54, 1.807) is 6.20 Å². The van der Waals surface area contributed by atoms with E-state index in [4.69, 9.17) is 5.73 Å². The SMILES string of the molecule is Nc1ncc2c(n1)CC(c1ccccc1Br)C/C2=N\O. The van der Waals surface area contributed by atoms with Crippen molar-refractivity contribution in [2.45, 2.75) is 18.8 Å². The predicted molar refractivity (Wildman–Crippen MR) is 80.0 cm³/mol. The van der Waals surface area contributed by atoms with Crippen molar-refractivity contribution < 1.29 is 5.21 Å². The summed E-state index contributed by atoms with van der Waals surface area (Å²) in [5.74, 6) is 0.451. The van der Waals surface area contributed by atoms with Gasteiger partial charge in [-0.2, -0.15) is 0 Å². The average Bonchev–Trinajstić information content (AvgIpc) is 2.46. The Bertz CT molecular complexity index is 687. The van der Waals surface area contributed by atoms with Gasteiger partial charge in [0.2, 0.25) is 5.95 Å². The van der Waals surface area contributed by atoms with Crippen LogP contribution in [-0.2, 0) is 6.42 Å². The van der Waals surface area contributed by atoms with Gasteiger partial charge in [0, 0.05) is 22.7 Å². The maximum absolute atomic E-state index is 9.23. The summed E-state index contributed by atoms with van der Waals surface area (Å²) in [6.07, 6.45) is 3.03. The molecule has 1 unspecified atom stereocenters. The van der Waals surface area contributed by atoms with Crippen molar-refractivity contribution in [2.75, 3.05) is 5.73 Å². The molecule has 3 N–H and O–H groups in total. The zero-order valence-electron chi connectivity index (χ0n) is 10.6. The molecule has 2 aromatic rings. The van der Waals surface area contributed by atoms with Crippen LogP contribution in [0.2, 0.25) is 0 Å². The van der Waals surface area contributed by atoms with Crippen molar-refractivity contribution in [2.24, 2.45) is 5.16 Å². The molecule has 0 bridgehead atoms. The normalized spacial score (nSPS) is 19.9. The topological polar surface area (TPSA) is 84.4 Å². The van der Waals surface area contributed by atoms with Gasteiger partial charge in [-0.05, 0) is 24.0 Å². The number of aromatic nitrogens is 2. The summed E-state index contributed by atoms with van der Waals surface area (Å²) in [6, 6.07) is 8.06. The molecule has 1 atom stereocenters. The minimum absolute atomic E-state index is 0.207. The molecular formula is C14H13BrN4O. The second kappa shape index (κ2) is 5.20. The number of nitrogens with two attached hydrogens (primary N) is 1. The number of benzene rings is 1. The molecule has 0 radical (unpaired) electrons. The fourth-order valence-electron chi connectivity index (χ4n) is 2.60. The van der Waals surface area contributed by atoms with Gasteiger partial charge in [-0.3, -0.25) is 0 Å². The molecule has 0 saturated carbocycles. The molecule has 0 amide bonds. The first-order valence-corrected chi connectivity index (χ1v) is 7.05. The fourth-order valence-corrected chi connectivity index (χ4v) is 3.21. The van der Waals surface area contributed by atoms with Gasteiger partial charge < -0.3 is 10.9 Å². The third kappa shape index (κ3) is 2.27. The maximum Gasteiger partial charge on any atom is 0.220 e. The van der Waals surface area contributed by atoms with Crippen molar-refractivity contribution in [3.8, 4) is 0 Å². The highest BCUT2D eigenvalue weighted by molar-refractivity contribution is 9.10. The van der Waals surface area contributed by atoms with Crippen molar-refractivity contribution in [1.82, 2.24) is 9.97 Å². The molecule has 1 aliphatic carbocycles. The van der Waals surface area contributed by atoms with Crippen LogP contribution in [0.25, 0.3) is 0 Å². The Morgan fingerprint density at radius 1 is 1.30 bits per heavy atom. The first kappa shape index (κ1) is 13.1. The van der Waals surface area contributed by atoms with E-state index in [1.807, 2.05) is 18.2 Å². The lowest BCUT2D eigenvalue weighted by Gasteiger charge is -2.25. The van der Waals surface area contributed by atoms with Crippen molar-refractivity contribution in [3.63, 3.8) is 0 Å². The zero-order chi connectivity index (χ0) is 14.1. The van der Waals surface area contributed by atoms with E-state index >= 15 is 0 Å². The lowest BCUT2D eigenvalue weighted by atomic mass is 9.82. The highest BCUT2D eigenvalue weighted by Crippen LogP contribution is 2.35. The first-order chi connectivity index (χ1) is 9.69. The quantitative estimate of drug-likeness (QED) is 0.621. The number of rotatable bonds is 1. The summed E-state index contributed by atoms with van der Waals surface area (Å²) in [7, 11) is 0. The molecule has 1 aromatic heterocycles. The van der Waals surface area contributed by atoms with Crippen LogP contribution < -0.4 is 5.73 Å². The second-order valence-corrected chi connectivity index (χ2v) is 5.62. The number of anilines is 1. The van der Waals surface area contributed by atoms with Gasteiger partial charge in [0.1, 0.15) is 0 Å². The number of nitrogens with zero attached hydrogens (tertiary/aromatic N) is 3. The molecule has 6 heteroatoms. The van der Waals surface area contributed by atoms with Gasteiger partial charge in [0.25, 0.3) is 0 Å². The van der Waals surface area contributed by atoms with Gasteiger partial charge in [-0.1, -0.05) is 39.3 Å². The van der Waals surface area contributed by atoms with Crippen molar-refractivity contribution >= 4 is 27.6 Å². The van der Waals surface area contributed by atoms with Gasteiger partial charge >= 0.3 is 0 Å².